The van der Waals surface area contributed by atoms with Crippen molar-refractivity contribution in [3.8, 4) is 17.2 Å². The Morgan fingerprint density at radius 2 is 1.80 bits per heavy atom. The van der Waals surface area contributed by atoms with Gasteiger partial charge in [0, 0.05) is 64.4 Å². The van der Waals surface area contributed by atoms with Gasteiger partial charge in [0.1, 0.15) is 29.5 Å². The van der Waals surface area contributed by atoms with Gasteiger partial charge >= 0.3 is 0 Å². The molecule has 1 heterocycles. The number of nitrogens with two attached hydrogens (primary N) is 1. The molecule has 7 N–H and O–H groups in total. The van der Waals surface area contributed by atoms with Crippen LogP contribution in [0.1, 0.15) is 68.8 Å². The van der Waals surface area contributed by atoms with Crippen molar-refractivity contribution in [2.75, 3.05) is 13.7 Å². The Bertz CT molecular complexity index is 1390. The van der Waals surface area contributed by atoms with E-state index in [-0.39, 0.29) is 69.2 Å². The van der Waals surface area contributed by atoms with Crippen LogP contribution in [0.4, 0.5) is 0 Å². The predicted octanol–water partition coefficient (Wildman–Crippen LogP) is 0.421. The number of hydrogen-bond acceptors (Lipinski definition) is 12. The predicted molar refractivity (Wildman–Crippen MR) is 139 cm³/mol. The molecule has 2 aliphatic carbocycles. The Morgan fingerprint density at radius 3 is 2.41 bits per heavy atom. The van der Waals surface area contributed by atoms with E-state index in [2.05, 4.69) is 0 Å². The van der Waals surface area contributed by atoms with Gasteiger partial charge in [0.15, 0.2) is 17.9 Å². The van der Waals surface area contributed by atoms with Gasteiger partial charge in [0.2, 0.25) is 5.78 Å². The second-order valence-corrected chi connectivity index (χ2v) is 10.2. The minimum Gasteiger partial charge on any atom is -0.507 e. The number of benzene rings is 2. The second kappa shape index (κ2) is 12.1. The molecule has 1 fully saturated rings. The SMILES string of the molecule is COc1cccc2c1C(=O)c1c(O)c3c(c(O)c1C2=O)C[C@@](O)(C(=O)CO)C[C@@H]3O[C@H]1C[C@H](N)[C@H](O)[C@H](C)O1.Cl.[Ag]. The molecule has 227 valence electrons. The maximum atomic E-state index is 13.6. The zero-order valence-electron chi connectivity index (χ0n) is 21.9. The summed E-state index contributed by atoms with van der Waals surface area (Å²) >= 11 is 0. The summed E-state index contributed by atoms with van der Waals surface area (Å²) < 4.78 is 17.0. The van der Waals surface area contributed by atoms with Crippen molar-refractivity contribution in [3.05, 3.63) is 51.6 Å². The van der Waals surface area contributed by atoms with E-state index in [0.717, 1.165) is 0 Å². The molecule has 2 aromatic rings. The van der Waals surface area contributed by atoms with E-state index in [9.17, 15) is 39.9 Å². The fourth-order valence-electron chi connectivity index (χ4n) is 5.75. The molecule has 41 heavy (non-hydrogen) atoms. The molecule has 0 spiro atoms. The van der Waals surface area contributed by atoms with E-state index in [4.69, 9.17) is 19.9 Å². The summed E-state index contributed by atoms with van der Waals surface area (Å²) in [7, 11) is 1.32. The first kappa shape index (κ1) is 33.1. The number of aromatic hydroxyl groups is 2. The number of ether oxygens (including phenoxy) is 3. The number of methoxy groups -OCH3 is 1. The quantitative estimate of drug-likeness (QED) is 0.160. The molecule has 0 unspecified atom stereocenters. The summed E-state index contributed by atoms with van der Waals surface area (Å²) in [6.07, 6.45) is -5.12. The minimum atomic E-state index is -2.24. The number of halogens is 1. The van der Waals surface area contributed by atoms with Gasteiger partial charge in [-0.15, -0.1) is 12.4 Å². The second-order valence-electron chi connectivity index (χ2n) is 10.2. The molecule has 1 radical (unpaired) electrons. The molecule has 0 saturated carbocycles. The van der Waals surface area contributed by atoms with Crippen LogP contribution in [0.25, 0.3) is 0 Å². The summed E-state index contributed by atoms with van der Waals surface area (Å²) in [6, 6.07) is 3.64. The number of rotatable bonds is 5. The minimum absolute atomic E-state index is 0. The fourth-order valence-corrected chi connectivity index (χ4v) is 5.75. The molecule has 5 rings (SSSR count). The van der Waals surface area contributed by atoms with E-state index in [1.165, 1.54) is 25.3 Å². The van der Waals surface area contributed by atoms with Crippen LogP contribution >= 0.6 is 12.4 Å². The Balaban J connectivity index is 0.00000231. The smallest absolute Gasteiger partial charge is 0.202 e. The average molecular weight is 688 g/mol. The standard InChI is InChI=1S/C27H29NO11.Ag.ClH/c1-10-22(31)13(28)6-17(38-10)39-15-8-27(36,16(30)9-29)7-12-19(15)26(35)21-20(24(12)33)23(32)11-4-3-5-14(37-2)18(11)25(21)34;;/h3-5,10,13,15,17,22,29,31,33,35-36H,6-9,28H2,1-2H3;;1H/t10-,13-,15-,17-,22+,27-;;/m0../s1. The number of Topliss-reactive ketones (excluding diaryl/α,β-unsaturated/α-hetero) is 1. The molecule has 0 amide bonds. The Kier molecular flexibility index (Phi) is 9.78. The molecular weight excluding hydrogens is 658 g/mol. The number of fused-ring (bicyclic) bond motifs is 3. The van der Waals surface area contributed by atoms with Gasteiger partial charge < -0.3 is 45.5 Å². The maximum Gasteiger partial charge on any atom is 0.202 e. The molecule has 12 nitrogen and oxygen atoms in total. The van der Waals surface area contributed by atoms with Crippen LogP contribution < -0.4 is 10.5 Å². The van der Waals surface area contributed by atoms with Crippen molar-refractivity contribution in [2.45, 2.75) is 62.4 Å². The van der Waals surface area contributed by atoms with Gasteiger partial charge in [-0.2, -0.15) is 0 Å². The van der Waals surface area contributed by atoms with Crippen molar-refractivity contribution in [1.82, 2.24) is 0 Å². The van der Waals surface area contributed by atoms with Crippen LogP contribution in [-0.4, -0.2) is 86.7 Å². The van der Waals surface area contributed by atoms with Crippen molar-refractivity contribution in [2.24, 2.45) is 5.73 Å². The van der Waals surface area contributed by atoms with Crippen molar-refractivity contribution >= 4 is 29.8 Å². The largest absolute Gasteiger partial charge is 0.507 e. The first-order chi connectivity index (χ1) is 18.4. The molecule has 1 aliphatic heterocycles. The van der Waals surface area contributed by atoms with Gasteiger partial charge in [-0.05, 0) is 13.0 Å². The molecule has 14 heteroatoms. The Labute approximate surface area is 256 Å². The van der Waals surface area contributed by atoms with Gasteiger partial charge in [0.25, 0.3) is 0 Å². The Morgan fingerprint density at radius 1 is 1.15 bits per heavy atom. The number of carbonyl (C=O) groups is 3. The van der Waals surface area contributed by atoms with Crippen LogP contribution in [0.3, 0.4) is 0 Å². The van der Waals surface area contributed by atoms with Crippen LogP contribution in [0, 0.1) is 0 Å². The van der Waals surface area contributed by atoms with Crippen LogP contribution in [-0.2, 0) is 43.1 Å². The van der Waals surface area contributed by atoms with E-state index in [1.807, 2.05) is 0 Å². The van der Waals surface area contributed by atoms with Gasteiger partial charge in [-0.25, -0.2) is 0 Å². The van der Waals surface area contributed by atoms with Gasteiger partial charge in [-0.3, -0.25) is 14.4 Å². The van der Waals surface area contributed by atoms with Crippen LogP contribution in [0.15, 0.2) is 18.2 Å². The van der Waals surface area contributed by atoms with Gasteiger partial charge in [0.05, 0.1) is 42.1 Å². The third-order valence-electron chi connectivity index (χ3n) is 7.81. The third-order valence-corrected chi connectivity index (χ3v) is 7.81. The normalized spacial score (nSPS) is 28.4. The maximum absolute atomic E-state index is 13.6. The summed E-state index contributed by atoms with van der Waals surface area (Å²) in [6.45, 7) is 0.560. The molecule has 6 atom stereocenters. The number of aliphatic hydroxyl groups excluding tert-OH is 2. The number of hydrogen-bond donors (Lipinski definition) is 6. The first-order valence-corrected chi connectivity index (χ1v) is 12.4. The number of phenols is 2. The molecule has 3 aliphatic rings. The topological polar surface area (TPSA) is 206 Å². The summed E-state index contributed by atoms with van der Waals surface area (Å²) in [5, 5.41) is 53.7. The van der Waals surface area contributed by atoms with Gasteiger partial charge in [-0.1, -0.05) is 12.1 Å². The molecule has 1 saturated heterocycles. The van der Waals surface area contributed by atoms with E-state index in [0.29, 0.717) is 0 Å². The zero-order valence-corrected chi connectivity index (χ0v) is 24.2. The number of carbonyl (C=O) groups excluding carboxylic acids is 3. The number of aliphatic hydroxyl groups is 3. The monoisotopic (exact) mass is 686 g/mol. The molecular formula is C27H30AgClNO11. The summed E-state index contributed by atoms with van der Waals surface area (Å²) in [5.41, 5.74) is 2.37. The van der Waals surface area contributed by atoms with Crippen molar-refractivity contribution < 1.29 is 76.5 Å². The van der Waals surface area contributed by atoms with Crippen LogP contribution in [0.5, 0.6) is 17.2 Å². The Hall–Kier alpha value is -2.36. The van der Waals surface area contributed by atoms with Crippen LogP contribution in [0.2, 0.25) is 0 Å². The average Bonchev–Trinajstić information content (AvgIpc) is 2.90. The van der Waals surface area contributed by atoms with E-state index >= 15 is 0 Å². The summed E-state index contributed by atoms with van der Waals surface area (Å²) in [4.78, 5) is 39.7. The fraction of sp³-hybridized carbons (Fsp3) is 0.444. The molecule has 0 bridgehead atoms. The molecule has 0 aromatic heterocycles. The number of ketones is 3. The summed E-state index contributed by atoms with van der Waals surface area (Å²) in [5.74, 6) is -3.77. The first-order valence-electron chi connectivity index (χ1n) is 12.4. The van der Waals surface area contributed by atoms with E-state index < -0.39 is 95.7 Å². The third kappa shape index (κ3) is 5.23. The van der Waals surface area contributed by atoms with E-state index in [1.54, 1.807) is 6.92 Å². The molecule has 2 aromatic carbocycles. The number of phenolic OH excluding ortho intramolecular Hbond substituents is 2. The van der Waals surface area contributed by atoms with Crippen molar-refractivity contribution in [1.29, 1.82) is 0 Å². The van der Waals surface area contributed by atoms with Crippen molar-refractivity contribution in [3.63, 3.8) is 0 Å². The zero-order chi connectivity index (χ0) is 28.4.